The van der Waals surface area contributed by atoms with Crippen LogP contribution in [0.4, 0.5) is 11.9 Å². The second-order valence-electron chi connectivity index (χ2n) is 2.89. The standard InChI is InChI=1S/C9H9N5S/c10-7-12-8(11)14(9(15)13-7)6-4-2-1-3-5-6/h1-5H,(H4,10,11,12,13,15). The van der Waals surface area contributed by atoms with Crippen LogP contribution in [-0.4, -0.2) is 14.5 Å². The van der Waals surface area contributed by atoms with E-state index in [4.69, 9.17) is 23.7 Å². The third-order valence-electron chi connectivity index (χ3n) is 1.87. The van der Waals surface area contributed by atoms with Crippen LogP contribution in [0.1, 0.15) is 0 Å². The number of anilines is 2. The molecular formula is C9H9N5S. The smallest absolute Gasteiger partial charge is 0.225 e. The first-order chi connectivity index (χ1) is 7.18. The van der Waals surface area contributed by atoms with Gasteiger partial charge in [0.05, 0.1) is 5.69 Å². The van der Waals surface area contributed by atoms with Crippen molar-refractivity contribution in [2.45, 2.75) is 0 Å². The zero-order valence-electron chi connectivity index (χ0n) is 7.79. The average molecular weight is 219 g/mol. The van der Waals surface area contributed by atoms with E-state index in [2.05, 4.69) is 9.97 Å². The Morgan fingerprint density at radius 1 is 1.07 bits per heavy atom. The second kappa shape index (κ2) is 3.66. The molecule has 0 bridgehead atoms. The number of nitrogens with zero attached hydrogens (tertiary/aromatic N) is 3. The van der Waals surface area contributed by atoms with Crippen molar-refractivity contribution in [3.63, 3.8) is 0 Å². The Kier molecular flexibility index (Phi) is 2.34. The quantitative estimate of drug-likeness (QED) is 0.703. The topological polar surface area (TPSA) is 82.7 Å². The van der Waals surface area contributed by atoms with Crippen molar-refractivity contribution < 1.29 is 0 Å². The van der Waals surface area contributed by atoms with Crippen molar-refractivity contribution in [2.24, 2.45) is 0 Å². The summed E-state index contributed by atoms with van der Waals surface area (Å²) in [6.07, 6.45) is 0. The number of nitrogen functional groups attached to an aromatic ring is 2. The molecule has 0 aliphatic carbocycles. The van der Waals surface area contributed by atoms with Crippen LogP contribution in [0.3, 0.4) is 0 Å². The largest absolute Gasteiger partial charge is 0.369 e. The highest BCUT2D eigenvalue weighted by atomic mass is 32.1. The van der Waals surface area contributed by atoms with Gasteiger partial charge in [0.1, 0.15) is 0 Å². The van der Waals surface area contributed by atoms with Crippen molar-refractivity contribution in [2.75, 3.05) is 11.5 Å². The normalized spacial score (nSPS) is 10.1. The molecule has 4 N–H and O–H groups in total. The lowest BCUT2D eigenvalue weighted by Crippen LogP contribution is -2.11. The van der Waals surface area contributed by atoms with Crippen LogP contribution in [0.25, 0.3) is 5.69 Å². The van der Waals surface area contributed by atoms with Gasteiger partial charge in [0.15, 0.2) is 0 Å². The lowest BCUT2D eigenvalue weighted by molar-refractivity contribution is 0.921. The molecule has 5 nitrogen and oxygen atoms in total. The van der Waals surface area contributed by atoms with Crippen LogP contribution < -0.4 is 11.5 Å². The predicted octanol–water partition coefficient (Wildman–Crippen LogP) is 1.16. The van der Waals surface area contributed by atoms with Gasteiger partial charge in [0.2, 0.25) is 16.7 Å². The number of nitrogens with two attached hydrogens (primary N) is 2. The summed E-state index contributed by atoms with van der Waals surface area (Å²) in [4.78, 5) is 7.73. The van der Waals surface area contributed by atoms with E-state index >= 15 is 0 Å². The van der Waals surface area contributed by atoms with E-state index in [-0.39, 0.29) is 11.9 Å². The van der Waals surface area contributed by atoms with Crippen molar-refractivity contribution in [3.05, 3.63) is 35.1 Å². The molecule has 0 saturated heterocycles. The lowest BCUT2D eigenvalue weighted by atomic mass is 10.3. The van der Waals surface area contributed by atoms with Gasteiger partial charge in [0, 0.05) is 0 Å². The average Bonchev–Trinajstić information content (AvgIpc) is 2.17. The van der Waals surface area contributed by atoms with Gasteiger partial charge in [-0.3, -0.25) is 4.57 Å². The molecule has 0 atom stereocenters. The van der Waals surface area contributed by atoms with E-state index in [1.54, 1.807) is 4.57 Å². The molecule has 0 unspecified atom stereocenters. The number of benzene rings is 1. The summed E-state index contributed by atoms with van der Waals surface area (Å²) in [6.45, 7) is 0. The number of aromatic nitrogens is 3. The first-order valence-corrected chi connectivity index (χ1v) is 4.67. The highest BCUT2D eigenvalue weighted by molar-refractivity contribution is 7.71. The molecule has 1 heterocycles. The van der Waals surface area contributed by atoms with E-state index < -0.39 is 0 Å². The fourth-order valence-corrected chi connectivity index (χ4v) is 1.55. The van der Waals surface area contributed by atoms with E-state index in [1.807, 2.05) is 30.3 Å². The predicted molar refractivity (Wildman–Crippen MR) is 61.0 cm³/mol. The molecule has 0 amide bonds. The molecule has 0 radical (unpaired) electrons. The van der Waals surface area contributed by atoms with Crippen molar-refractivity contribution in [1.29, 1.82) is 0 Å². The van der Waals surface area contributed by atoms with E-state index in [0.29, 0.717) is 4.77 Å². The number of hydrogen-bond acceptors (Lipinski definition) is 5. The summed E-state index contributed by atoms with van der Waals surface area (Å²) in [7, 11) is 0. The molecule has 0 aliphatic rings. The van der Waals surface area contributed by atoms with Crippen molar-refractivity contribution in [3.8, 4) is 5.69 Å². The molecule has 2 aromatic rings. The minimum absolute atomic E-state index is 0.0877. The molecule has 0 fully saturated rings. The minimum atomic E-state index is 0.0877. The summed E-state index contributed by atoms with van der Waals surface area (Å²) in [6, 6.07) is 9.40. The molecule has 76 valence electrons. The molecule has 1 aromatic heterocycles. The van der Waals surface area contributed by atoms with Crippen LogP contribution in [0.5, 0.6) is 0 Å². The Labute approximate surface area is 91.4 Å². The van der Waals surface area contributed by atoms with Gasteiger partial charge in [-0.15, -0.1) is 0 Å². The molecule has 15 heavy (non-hydrogen) atoms. The Morgan fingerprint density at radius 2 is 1.73 bits per heavy atom. The van der Waals surface area contributed by atoms with Crippen molar-refractivity contribution >= 4 is 24.1 Å². The summed E-state index contributed by atoms with van der Waals surface area (Å²) in [5.74, 6) is 0.323. The SMILES string of the molecule is Nc1nc(N)n(-c2ccccc2)c(=S)n1. The first-order valence-electron chi connectivity index (χ1n) is 4.26. The number of para-hydroxylation sites is 1. The molecular weight excluding hydrogens is 210 g/mol. The molecule has 0 saturated carbocycles. The van der Waals surface area contributed by atoms with Gasteiger partial charge in [-0.1, -0.05) is 18.2 Å². The van der Waals surface area contributed by atoms with Gasteiger partial charge in [-0.25, -0.2) is 0 Å². The zero-order valence-corrected chi connectivity index (χ0v) is 8.61. The fourth-order valence-electron chi connectivity index (χ4n) is 1.26. The fraction of sp³-hybridized carbons (Fsp3) is 0. The van der Waals surface area contributed by atoms with Crippen LogP contribution in [0.15, 0.2) is 30.3 Å². The summed E-state index contributed by atoms with van der Waals surface area (Å²) < 4.78 is 1.86. The Morgan fingerprint density at radius 3 is 2.33 bits per heavy atom. The monoisotopic (exact) mass is 219 g/mol. The maximum atomic E-state index is 5.72. The first kappa shape index (κ1) is 9.60. The lowest BCUT2D eigenvalue weighted by Gasteiger charge is -2.08. The molecule has 0 aliphatic heterocycles. The van der Waals surface area contributed by atoms with E-state index in [0.717, 1.165) is 5.69 Å². The van der Waals surface area contributed by atoms with Gasteiger partial charge in [-0.2, -0.15) is 9.97 Å². The highest BCUT2D eigenvalue weighted by Crippen LogP contribution is 2.12. The number of rotatable bonds is 1. The molecule has 1 aromatic carbocycles. The highest BCUT2D eigenvalue weighted by Gasteiger charge is 2.04. The Bertz CT molecular complexity index is 534. The molecule has 6 heteroatoms. The molecule has 0 spiro atoms. The van der Waals surface area contributed by atoms with Gasteiger partial charge < -0.3 is 11.5 Å². The van der Waals surface area contributed by atoms with Gasteiger partial charge >= 0.3 is 0 Å². The Balaban J connectivity index is 2.69. The zero-order chi connectivity index (χ0) is 10.8. The van der Waals surface area contributed by atoms with E-state index in [1.165, 1.54) is 0 Å². The third-order valence-corrected chi connectivity index (χ3v) is 2.15. The number of hydrogen-bond donors (Lipinski definition) is 2. The van der Waals surface area contributed by atoms with Crippen molar-refractivity contribution in [1.82, 2.24) is 14.5 Å². The van der Waals surface area contributed by atoms with Crippen LogP contribution in [0, 0.1) is 4.77 Å². The van der Waals surface area contributed by atoms with Gasteiger partial charge in [0.25, 0.3) is 0 Å². The van der Waals surface area contributed by atoms with Crippen LogP contribution >= 0.6 is 12.2 Å². The molecule has 2 rings (SSSR count). The second-order valence-corrected chi connectivity index (χ2v) is 3.26. The minimum Gasteiger partial charge on any atom is -0.369 e. The third kappa shape index (κ3) is 1.79. The maximum absolute atomic E-state index is 5.72. The summed E-state index contributed by atoms with van der Waals surface area (Å²) in [5, 5.41) is 0. The maximum Gasteiger partial charge on any atom is 0.225 e. The van der Waals surface area contributed by atoms with Crippen LogP contribution in [-0.2, 0) is 0 Å². The van der Waals surface area contributed by atoms with Gasteiger partial charge in [-0.05, 0) is 24.4 Å². The van der Waals surface area contributed by atoms with Crippen LogP contribution in [0.2, 0.25) is 0 Å². The van der Waals surface area contributed by atoms with E-state index in [9.17, 15) is 0 Å². The summed E-state index contributed by atoms with van der Waals surface area (Å²) in [5.41, 5.74) is 12.0. The Hall–Kier alpha value is -1.95. The summed E-state index contributed by atoms with van der Waals surface area (Å²) >= 11 is 5.06.